The predicted molar refractivity (Wildman–Crippen MR) is 217 cm³/mol. The molecule has 4 rings (SSSR count). The van der Waals surface area contributed by atoms with Crippen LogP contribution in [0, 0.1) is 18.3 Å². The molecule has 314 valence electrons. The smallest absolute Gasteiger partial charge is 0.252 e. The molecule has 6 amide bonds. The third kappa shape index (κ3) is 11.8. The number of rotatable bonds is 16. The molecule has 0 saturated heterocycles. The summed E-state index contributed by atoms with van der Waals surface area (Å²) in [5.41, 5.74) is 26.1. The zero-order valence-electron chi connectivity index (χ0n) is 33.3. The van der Waals surface area contributed by atoms with Gasteiger partial charge in [-0.2, -0.15) is 5.26 Å². The molecule has 0 fully saturated rings. The highest BCUT2D eigenvalue weighted by Crippen LogP contribution is 2.40. The number of primary amides is 1. The third-order valence-electron chi connectivity index (χ3n) is 9.48. The van der Waals surface area contributed by atoms with Gasteiger partial charge in [-0.25, -0.2) is 0 Å². The number of nitrogens with one attached hydrogen (secondary N) is 4. The van der Waals surface area contributed by atoms with Crippen molar-refractivity contribution < 1.29 is 38.2 Å². The van der Waals surface area contributed by atoms with Crippen LogP contribution in [0.4, 0.5) is 0 Å². The largest absolute Gasteiger partial charge is 0.492 e. The Morgan fingerprint density at radius 3 is 2.20 bits per heavy atom. The first kappa shape index (κ1) is 45.2. The van der Waals surface area contributed by atoms with E-state index in [0.717, 1.165) is 10.5 Å². The second kappa shape index (κ2) is 21.3. The van der Waals surface area contributed by atoms with Gasteiger partial charge in [-0.3, -0.25) is 28.8 Å². The van der Waals surface area contributed by atoms with E-state index >= 15 is 0 Å². The first-order valence-corrected chi connectivity index (χ1v) is 19.1. The monoisotopic (exact) mass is 812 g/mol. The highest BCUT2D eigenvalue weighted by Gasteiger charge is 2.36. The molecule has 0 spiro atoms. The quantitative estimate of drug-likeness (QED) is 0.0825. The molecule has 18 nitrogen and oxygen atoms in total. The van der Waals surface area contributed by atoms with Crippen molar-refractivity contribution in [3.05, 3.63) is 82.4 Å². The van der Waals surface area contributed by atoms with Crippen LogP contribution < -0.4 is 53.7 Å². The minimum Gasteiger partial charge on any atom is -0.492 e. The van der Waals surface area contributed by atoms with E-state index in [1.165, 1.54) is 20.0 Å². The summed E-state index contributed by atoms with van der Waals surface area (Å²) in [6.07, 6.45) is -0.248. The third-order valence-corrected chi connectivity index (χ3v) is 9.48. The van der Waals surface area contributed by atoms with Crippen molar-refractivity contribution in [2.24, 2.45) is 22.9 Å². The number of hydrogen-bond donors (Lipinski definition) is 8. The number of benzene rings is 3. The summed E-state index contributed by atoms with van der Waals surface area (Å²) >= 11 is 0. The Morgan fingerprint density at radius 1 is 0.915 bits per heavy atom. The Balaban J connectivity index is 1.88. The van der Waals surface area contributed by atoms with E-state index in [0.29, 0.717) is 39.3 Å². The Morgan fingerprint density at radius 2 is 1.58 bits per heavy atom. The van der Waals surface area contributed by atoms with Gasteiger partial charge in [0.05, 0.1) is 12.5 Å². The normalized spacial score (nSPS) is 16.9. The number of amides is 6. The SMILES string of the molecule is Cc1ccc(C(=O)N[C@@H](CCN)C(=O)N(C)[C@@H]2C(=O)N[C@@H](C)C(=O)N[C@H](C(=O)NCC#N)Cc3ccc(OCCN)c(c3)-c3cc2ccc3OCCN)c(CC(N)=O)c1. The molecule has 1 heterocycles. The lowest BCUT2D eigenvalue weighted by molar-refractivity contribution is -0.141. The lowest BCUT2D eigenvalue weighted by Gasteiger charge is -2.32. The number of ether oxygens (including phenoxy) is 2. The van der Waals surface area contributed by atoms with Gasteiger partial charge in [0.1, 0.15) is 55.4 Å². The summed E-state index contributed by atoms with van der Waals surface area (Å²) in [5.74, 6) is -3.39. The summed E-state index contributed by atoms with van der Waals surface area (Å²) in [6, 6.07) is 11.7. The number of fused-ring (bicyclic) bond motifs is 5. The van der Waals surface area contributed by atoms with E-state index in [4.69, 9.17) is 37.7 Å². The average molecular weight is 813 g/mol. The molecule has 3 aromatic rings. The Bertz CT molecular complexity index is 2090. The van der Waals surface area contributed by atoms with E-state index in [1.54, 1.807) is 55.5 Å². The molecular formula is C41H52N10O8. The van der Waals surface area contributed by atoms with Crippen molar-refractivity contribution in [3.63, 3.8) is 0 Å². The van der Waals surface area contributed by atoms with Crippen LogP contribution in [0.2, 0.25) is 0 Å². The van der Waals surface area contributed by atoms with Gasteiger partial charge in [-0.05, 0) is 73.8 Å². The first-order chi connectivity index (χ1) is 28.2. The number of nitriles is 1. The molecule has 0 aliphatic carbocycles. The maximum absolute atomic E-state index is 14.5. The Kier molecular flexibility index (Phi) is 16.3. The van der Waals surface area contributed by atoms with Crippen molar-refractivity contribution in [1.82, 2.24) is 26.2 Å². The number of likely N-dealkylation sites (N-methyl/N-ethyl adjacent to an activating group) is 1. The van der Waals surface area contributed by atoms with Gasteiger partial charge in [0.25, 0.3) is 5.91 Å². The minimum absolute atomic E-state index is 0.00670. The van der Waals surface area contributed by atoms with Crippen molar-refractivity contribution in [3.8, 4) is 28.7 Å². The van der Waals surface area contributed by atoms with Gasteiger partial charge in [0, 0.05) is 43.2 Å². The Hall–Kier alpha value is -6.55. The maximum atomic E-state index is 14.5. The van der Waals surface area contributed by atoms with Crippen molar-refractivity contribution in [2.75, 3.05) is 46.4 Å². The molecule has 59 heavy (non-hydrogen) atoms. The van der Waals surface area contributed by atoms with Crippen LogP contribution in [-0.2, 0) is 36.8 Å². The van der Waals surface area contributed by atoms with Crippen molar-refractivity contribution in [1.29, 1.82) is 5.26 Å². The molecular weight excluding hydrogens is 761 g/mol. The van der Waals surface area contributed by atoms with Gasteiger partial charge in [-0.15, -0.1) is 0 Å². The standard InChI is InChI=1S/C41H52N10O8/c1-23-4-7-28(27(18-23)22-35(46)52)38(54)49-31(10-11-42)41(57)51(3)36-26-6-9-34(59-17-14-45)30(21-26)29-19-25(5-8-33(29)58-16-13-44)20-32(39(55)47-15-12-43)50-37(53)24(2)48-40(36)56/h4-9,18-19,21,24,31-32,36H,10-11,13-17,20,22,42,44-45H2,1-3H3,(H2,46,52)(H,47,55)(H,48,56)(H,49,54)(H,50,53)/t24-,31-,32-,36-/m0/s1. The second-order valence-electron chi connectivity index (χ2n) is 14.0. The minimum atomic E-state index is -1.42. The highest BCUT2D eigenvalue weighted by atomic mass is 16.5. The van der Waals surface area contributed by atoms with Crippen LogP contribution >= 0.6 is 0 Å². The van der Waals surface area contributed by atoms with E-state index in [1.807, 2.05) is 6.07 Å². The van der Waals surface area contributed by atoms with E-state index in [-0.39, 0.29) is 64.2 Å². The maximum Gasteiger partial charge on any atom is 0.252 e. The predicted octanol–water partition coefficient (Wildman–Crippen LogP) is -0.803. The van der Waals surface area contributed by atoms with Crippen molar-refractivity contribution in [2.45, 2.75) is 57.3 Å². The Labute approximate surface area is 342 Å². The fraction of sp³-hybridized carbons (Fsp3) is 0.390. The number of nitrogens with two attached hydrogens (primary N) is 4. The van der Waals surface area contributed by atoms with Crippen LogP contribution in [-0.4, -0.2) is 105 Å². The van der Waals surface area contributed by atoms with E-state index in [2.05, 4.69) is 21.3 Å². The molecule has 0 radical (unpaired) electrons. The first-order valence-electron chi connectivity index (χ1n) is 19.1. The molecule has 0 saturated carbocycles. The zero-order chi connectivity index (χ0) is 43.2. The van der Waals surface area contributed by atoms with Gasteiger partial charge in [-0.1, -0.05) is 29.8 Å². The topological polar surface area (TPSA) is 300 Å². The van der Waals surface area contributed by atoms with Gasteiger partial charge in [0.15, 0.2) is 0 Å². The summed E-state index contributed by atoms with van der Waals surface area (Å²) in [4.78, 5) is 82.5. The second-order valence-corrected chi connectivity index (χ2v) is 14.0. The molecule has 12 N–H and O–H groups in total. The fourth-order valence-electron chi connectivity index (χ4n) is 6.64. The molecule has 0 unspecified atom stereocenters. The lowest BCUT2D eigenvalue weighted by atomic mass is 9.93. The zero-order valence-corrected chi connectivity index (χ0v) is 33.3. The number of nitrogens with zero attached hydrogens (tertiary/aromatic N) is 2. The van der Waals surface area contributed by atoms with E-state index < -0.39 is 59.6 Å². The van der Waals surface area contributed by atoms with Gasteiger partial charge < -0.3 is 58.6 Å². The van der Waals surface area contributed by atoms with Crippen LogP contribution in [0.1, 0.15) is 52.0 Å². The van der Waals surface area contributed by atoms with Crippen LogP contribution in [0.5, 0.6) is 11.5 Å². The lowest BCUT2D eigenvalue weighted by Crippen LogP contribution is -2.56. The van der Waals surface area contributed by atoms with Gasteiger partial charge in [0.2, 0.25) is 29.5 Å². The molecule has 3 aromatic carbocycles. The van der Waals surface area contributed by atoms with Crippen LogP contribution in [0.25, 0.3) is 11.1 Å². The number of hydrogen-bond acceptors (Lipinski definition) is 12. The number of aryl methyl sites for hydroxylation is 1. The molecule has 4 bridgehead atoms. The fourth-order valence-corrected chi connectivity index (χ4v) is 6.64. The average Bonchev–Trinajstić information content (AvgIpc) is 3.20. The summed E-state index contributed by atoms with van der Waals surface area (Å²) in [6.45, 7) is 3.51. The van der Waals surface area contributed by atoms with Crippen molar-refractivity contribution >= 4 is 35.4 Å². The molecule has 4 atom stereocenters. The highest BCUT2D eigenvalue weighted by molar-refractivity contribution is 6.01. The number of carbonyl (C=O) groups is 6. The summed E-state index contributed by atoms with van der Waals surface area (Å²) < 4.78 is 12.1. The molecule has 18 heteroatoms. The van der Waals surface area contributed by atoms with Crippen LogP contribution in [0.15, 0.2) is 54.6 Å². The molecule has 0 aromatic heterocycles. The molecule has 1 aliphatic rings. The number of carbonyl (C=O) groups excluding carboxylic acids is 6. The molecule has 1 aliphatic heterocycles. The van der Waals surface area contributed by atoms with Gasteiger partial charge >= 0.3 is 0 Å². The summed E-state index contributed by atoms with van der Waals surface area (Å²) in [5, 5.41) is 19.7. The summed E-state index contributed by atoms with van der Waals surface area (Å²) in [7, 11) is 1.38. The van der Waals surface area contributed by atoms with E-state index in [9.17, 15) is 28.8 Å². The van der Waals surface area contributed by atoms with Crippen LogP contribution in [0.3, 0.4) is 0 Å².